The number of carboxylic acids is 1. The number of thiazole rings is 1. The van der Waals surface area contributed by atoms with Gasteiger partial charge in [0, 0.05) is 0 Å². The third-order valence-corrected chi connectivity index (χ3v) is 6.47. The molecule has 0 spiro atoms. The van der Waals surface area contributed by atoms with E-state index in [1.807, 2.05) is 12.1 Å². The van der Waals surface area contributed by atoms with Crippen molar-refractivity contribution >= 4 is 29.4 Å². The number of carboxylic acid groups (broad SMARTS) is 1. The molecule has 10 heteroatoms. The van der Waals surface area contributed by atoms with E-state index in [4.69, 9.17) is 19.3 Å². The largest absolute Gasteiger partial charge is 0.497 e. The number of esters is 1. The van der Waals surface area contributed by atoms with Crippen molar-refractivity contribution in [2.24, 2.45) is 4.99 Å². The molecular weight excluding hydrogens is 484 g/mol. The average Bonchev–Trinajstić information content (AvgIpc) is 3.17. The minimum atomic E-state index is -1.07. The third kappa shape index (κ3) is 5.08. The number of carbonyl (C=O) groups excluding carboxylic acids is 1. The monoisotopic (exact) mass is 508 g/mol. The summed E-state index contributed by atoms with van der Waals surface area (Å²) in [6.45, 7) is 3.21. The Kier molecular flexibility index (Phi) is 7.35. The van der Waals surface area contributed by atoms with Gasteiger partial charge in [-0.3, -0.25) is 9.36 Å². The lowest BCUT2D eigenvalue weighted by atomic mass is 9.96. The molecule has 0 saturated heterocycles. The number of hydrogen-bond acceptors (Lipinski definition) is 8. The quantitative estimate of drug-likeness (QED) is 0.464. The molecule has 0 aliphatic carbocycles. The first kappa shape index (κ1) is 24.9. The van der Waals surface area contributed by atoms with Gasteiger partial charge in [0.25, 0.3) is 5.56 Å². The van der Waals surface area contributed by atoms with Gasteiger partial charge in [-0.15, -0.1) is 0 Å². The van der Waals surface area contributed by atoms with Gasteiger partial charge in [0.1, 0.15) is 11.5 Å². The molecule has 36 heavy (non-hydrogen) atoms. The summed E-state index contributed by atoms with van der Waals surface area (Å²) in [5, 5.41) is 8.75. The first-order valence-corrected chi connectivity index (χ1v) is 11.9. The molecule has 186 valence electrons. The van der Waals surface area contributed by atoms with Gasteiger partial charge in [-0.25, -0.2) is 14.6 Å². The highest BCUT2D eigenvalue weighted by Crippen LogP contribution is 2.31. The van der Waals surface area contributed by atoms with Crippen LogP contribution in [0.1, 0.15) is 31.0 Å². The molecule has 2 aromatic carbocycles. The first-order valence-electron chi connectivity index (χ1n) is 11.1. The number of carbonyl (C=O) groups is 2. The van der Waals surface area contributed by atoms with Gasteiger partial charge in [0.2, 0.25) is 0 Å². The number of aromatic nitrogens is 1. The zero-order valence-corrected chi connectivity index (χ0v) is 20.7. The van der Waals surface area contributed by atoms with E-state index >= 15 is 0 Å². The van der Waals surface area contributed by atoms with Crippen molar-refractivity contribution < 1.29 is 28.9 Å². The maximum atomic E-state index is 13.6. The molecule has 2 heterocycles. The fraction of sp³-hybridized carbons (Fsp3) is 0.231. The van der Waals surface area contributed by atoms with E-state index < -0.39 is 24.6 Å². The molecule has 1 aliphatic heterocycles. The molecule has 1 atom stereocenters. The summed E-state index contributed by atoms with van der Waals surface area (Å²) in [6.07, 6.45) is 1.72. The summed E-state index contributed by atoms with van der Waals surface area (Å²) in [7, 11) is 1.57. The van der Waals surface area contributed by atoms with Crippen LogP contribution >= 0.6 is 11.3 Å². The predicted octanol–water partition coefficient (Wildman–Crippen LogP) is 2.27. The van der Waals surface area contributed by atoms with Gasteiger partial charge in [-0.2, -0.15) is 0 Å². The summed E-state index contributed by atoms with van der Waals surface area (Å²) in [5.74, 6) is -0.527. The fourth-order valence-corrected chi connectivity index (χ4v) is 4.90. The molecule has 0 amide bonds. The van der Waals surface area contributed by atoms with Crippen LogP contribution in [0, 0.1) is 0 Å². The Morgan fingerprint density at radius 3 is 2.39 bits per heavy atom. The molecule has 0 bridgehead atoms. The van der Waals surface area contributed by atoms with Gasteiger partial charge in [0.05, 0.1) is 35.6 Å². The number of nitrogens with zero attached hydrogens (tertiary/aromatic N) is 2. The molecule has 1 aromatic heterocycles. The van der Waals surface area contributed by atoms with E-state index in [0.717, 1.165) is 11.1 Å². The van der Waals surface area contributed by atoms with Crippen LogP contribution in [0.4, 0.5) is 0 Å². The number of hydrogen-bond donors (Lipinski definition) is 1. The Morgan fingerprint density at radius 2 is 1.78 bits per heavy atom. The van der Waals surface area contributed by atoms with Gasteiger partial charge in [-0.1, -0.05) is 35.6 Å². The molecule has 1 aliphatic rings. The highest BCUT2D eigenvalue weighted by Gasteiger charge is 2.33. The van der Waals surface area contributed by atoms with Crippen molar-refractivity contribution in [3.05, 3.63) is 90.6 Å². The second-order valence-electron chi connectivity index (χ2n) is 7.83. The van der Waals surface area contributed by atoms with Crippen LogP contribution < -0.4 is 24.4 Å². The van der Waals surface area contributed by atoms with Crippen molar-refractivity contribution in [1.82, 2.24) is 4.57 Å². The van der Waals surface area contributed by atoms with Crippen molar-refractivity contribution in [2.45, 2.75) is 19.9 Å². The SMILES string of the molecule is CCOC(=O)C1=C(C)N=c2s/c(=C\c3ccc(OCC(=O)O)cc3)c(=O)n2C1c1ccc(OC)cc1. The Labute approximate surface area is 210 Å². The number of aliphatic carboxylic acids is 1. The number of allylic oxidation sites excluding steroid dienone is 1. The second-order valence-corrected chi connectivity index (χ2v) is 8.84. The summed E-state index contributed by atoms with van der Waals surface area (Å²) < 4.78 is 17.7. The Balaban J connectivity index is 1.81. The fourth-order valence-electron chi connectivity index (χ4n) is 3.85. The van der Waals surface area contributed by atoms with Crippen molar-refractivity contribution in [2.75, 3.05) is 20.3 Å². The zero-order valence-electron chi connectivity index (χ0n) is 19.9. The maximum absolute atomic E-state index is 13.6. The molecule has 0 radical (unpaired) electrons. The molecule has 1 unspecified atom stereocenters. The van der Waals surface area contributed by atoms with Crippen LogP contribution in [0.15, 0.2) is 69.6 Å². The van der Waals surface area contributed by atoms with Gasteiger partial charge in [-0.05, 0) is 55.3 Å². The van der Waals surface area contributed by atoms with Gasteiger partial charge in [0.15, 0.2) is 11.4 Å². The summed E-state index contributed by atoms with van der Waals surface area (Å²) in [4.78, 5) is 42.2. The van der Waals surface area contributed by atoms with Crippen molar-refractivity contribution in [1.29, 1.82) is 0 Å². The number of ether oxygens (including phenoxy) is 3. The molecular formula is C26H24N2O7S. The highest BCUT2D eigenvalue weighted by molar-refractivity contribution is 7.07. The zero-order chi connectivity index (χ0) is 25.8. The van der Waals surface area contributed by atoms with E-state index in [1.54, 1.807) is 63.4 Å². The Morgan fingerprint density at radius 1 is 1.11 bits per heavy atom. The van der Waals surface area contributed by atoms with Crippen LogP contribution in [0.3, 0.4) is 0 Å². The van der Waals surface area contributed by atoms with Crippen molar-refractivity contribution in [3.63, 3.8) is 0 Å². The lowest BCUT2D eigenvalue weighted by molar-refractivity contribution is -0.140. The summed E-state index contributed by atoms with van der Waals surface area (Å²) in [6, 6.07) is 13.2. The van der Waals surface area contributed by atoms with Crippen LogP contribution in [0.25, 0.3) is 6.08 Å². The molecule has 9 nitrogen and oxygen atoms in total. The van der Waals surface area contributed by atoms with Crippen LogP contribution in [0.5, 0.6) is 11.5 Å². The Hall–Kier alpha value is -4.18. The molecule has 0 fully saturated rings. The number of benzene rings is 2. The van der Waals surface area contributed by atoms with Gasteiger partial charge >= 0.3 is 11.9 Å². The minimum absolute atomic E-state index is 0.196. The predicted molar refractivity (Wildman–Crippen MR) is 133 cm³/mol. The standard InChI is InChI=1S/C26H24N2O7S/c1-4-34-25(32)22-15(2)27-26-28(23(22)17-7-11-18(33-3)12-8-17)24(31)20(36-26)13-16-5-9-19(10-6-16)35-14-21(29)30/h5-13,23H,4,14H2,1-3H3,(H,29,30)/b20-13-. The van der Waals surface area contributed by atoms with E-state index in [0.29, 0.717) is 32.1 Å². The van der Waals surface area contributed by atoms with E-state index in [2.05, 4.69) is 4.99 Å². The van der Waals surface area contributed by atoms with E-state index in [1.165, 1.54) is 15.9 Å². The molecule has 4 rings (SSSR count). The number of methoxy groups -OCH3 is 1. The molecule has 3 aromatic rings. The molecule has 0 saturated carbocycles. The topological polar surface area (TPSA) is 116 Å². The smallest absolute Gasteiger partial charge is 0.341 e. The van der Waals surface area contributed by atoms with Crippen LogP contribution in [-0.4, -0.2) is 41.9 Å². The summed E-state index contributed by atoms with van der Waals surface area (Å²) in [5.41, 5.74) is 1.95. The number of fused-ring (bicyclic) bond motifs is 1. The second kappa shape index (κ2) is 10.6. The molecule has 1 N–H and O–H groups in total. The van der Waals surface area contributed by atoms with Crippen molar-refractivity contribution in [3.8, 4) is 11.5 Å². The Bertz CT molecular complexity index is 1500. The normalized spacial score (nSPS) is 15.2. The lowest BCUT2D eigenvalue weighted by Crippen LogP contribution is -2.39. The highest BCUT2D eigenvalue weighted by atomic mass is 32.1. The van der Waals surface area contributed by atoms with Crippen LogP contribution in [0.2, 0.25) is 0 Å². The van der Waals surface area contributed by atoms with E-state index in [-0.39, 0.29) is 12.2 Å². The summed E-state index contributed by atoms with van der Waals surface area (Å²) >= 11 is 1.22. The number of rotatable bonds is 8. The third-order valence-electron chi connectivity index (χ3n) is 5.49. The lowest BCUT2D eigenvalue weighted by Gasteiger charge is -2.24. The van der Waals surface area contributed by atoms with E-state index in [9.17, 15) is 14.4 Å². The van der Waals surface area contributed by atoms with Gasteiger partial charge < -0.3 is 19.3 Å². The minimum Gasteiger partial charge on any atom is -0.497 e. The van der Waals surface area contributed by atoms with Crippen LogP contribution in [-0.2, 0) is 14.3 Å². The average molecular weight is 509 g/mol. The first-order chi connectivity index (χ1) is 17.3. The maximum Gasteiger partial charge on any atom is 0.341 e.